The third kappa shape index (κ3) is 8.34. The van der Waals surface area contributed by atoms with Crippen LogP contribution in [0.3, 0.4) is 0 Å². The lowest BCUT2D eigenvalue weighted by molar-refractivity contribution is -0.0496. The summed E-state index contributed by atoms with van der Waals surface area (Å²) in [6, 6.07) is 37.3. The van der Waals surface area contributed by atoms with Gasteiger partial charge >= 0.3 is 15.6 Å². The van der Waals surface area contributed by atoms with E-state index in [9.17, 15) is 38.4 Å². The highest BCUT2D eigenvalue weighted by Crippen LogP contribution is 2.72. The van der Waals surface area contributed by atoms with Gasteiger partial charge in [-0.05, 0) is 141 Å². The van der Waals surface area contributed by atoms with Crippen molar-refractivity contribution in [3.05, 3.63) is 162 Å². The first kappa shape index (κ1) is 46.9. The van der Waals surface area contributed by atoms with Crippen LogP contribution in [0.15, 0.2) is 164 Å². The van der Waals surface area contributed by atoms with E-state index in [2.05, 4.69) is 0 Å². The molecule has 0 N–H and O–H groups in total. The normalized spacial score (nSPS) is 14.1. The van der Waals surface area contributed by atoms with Crippen LogP contribution < -0.4 is 9.47 Å². The Labute approximate surface area is 374 Å². The smallest absolute Gasteiger partial charge is 0.497 e. The van der Waals surface area contributed by atoms with Gasteiger partial charge in [0.2, 0.25) is 0 Å². The number of ether oxygens (including phenoxy) is 2. The van der Waals surface area contributed by atoms with Crippen LogP contribution in [-0.2, 0) is 38.8 Å². The monoisotopic (exact) mass is 952 g/mol. The van der Waals surface area contributed by atoms with E-state index in [-0.39, 0.29) is 36.0 Å². The molecule has 338 valence electrons. The first-order chi connectivity index (χ1) is 30.4. The lowest BCUT2D eigenvalue weighted by Gasteiger charge is -2.41. The van der Waals surface area contributed by atoms with Crippen LogP contribution in [0.25, 0.3) is 11.1 Å². The SMILES string of the molecule is CCCCS(=O)(=O)c1ccc(S(OS(=O)(=O)C(F)(F)F)(c2ccc(S(=O)(=O)CCCC)cc2)c2ccc3c(c2)C(c2ccc(OC)cc2)(c2ccc(OC)cc2)c2ccccc2-3)cc1. The highest BCUT2D eigenvalue weighted by molar-refractivity contribution is 8.33. The Bertz CT molecular complexity index is 2840. The fourth-order valence-electron chi connectivity index (χ4n) is 8.19. The molecule has 16 heteroatoms. The van der Waals surface area contributed by atoms with Gasteiger partial charge in [0.1, 0.15) is 11.5 Å². The van der Waals surface area contributed by atoms with Crippen molar-refractivity contribution in [2.75, 3.05) is 25.7 Å². The highest BCUT2D eigenvalue weighted by Gasteiger charge is 2.54. The van der Waals surface area contributed by atoms with Gasteiger partial charge in [-0.1, -0.05) is 81.3 Å². The zero-order chi connectivity index (χ0) is 46.1. The fourth-order valence-corrected chi connectivity index (χ4v) is 15.8. The molecule has 0 unspecified atom stereocenters. The molecule has 9 nitrogen and oxygen atoms in total. The molecule has 0 amide bonds. The standard InChI is InChI=1S/C48H47F3O9S4/c1-5-7-31-61(52,53)38-21-25-40(26-22-38)63(60-64(56,57)48(49,50)51,41-27-23-39(24-28-41)62(54,55)32-8-6-2)42-29-30-44-43-11-9-10-12-45(43)47(46(44)33-42,34-13-17-36(58-3)18-14-34)35-15-19-37(59-4)20-16-35/h9-30,33H,5-8,31-32H2,1-4H3. The molecule has 0 aromatic heterocycles. The van der Waals surface area contributed by atoms with Crippen molar-refractivity contribution in [3.8, 4) is 22.6 Å². The highest BCUT2D eigenvalue weighted by atomic mass is 32.3. The summed E-state index contributed by atoms with van der Waals surface area (Å²) in [5, 5.41) is 0. The van der Waals surface area contributed by atoms with Gasteiger partial charge in [0.25, 0.3) is 0 Å². The summed E-state index contributed by atoms with van der Waals surface area (Å²) in [6.45, 7) is 3.67. The second-order valence-corrected chi connectivity index (χ2v) is 23.9. The fraction of sp³-hybridized carbons (Fsp3) is 0.250. The molecule has 1 aliphatic rings. The Morgan fingerprint density at radius 3 is 1.33 bits per heavy atom. The molecule has 0 saturated heterocycles. The number of halogens is 3. The van der Waals surface area contributed by atoms with Crippen LogP contribution >= 0.6 is 10.3 Å². The maximum absolute atomic E-state index is 14.8. The van der Waals surface area contributed by atoms with Crippen LogP contribution in [0.4, 0.5) is 13.2 Å². The molecule has 0 fully saturated rings. The van der Waals surface area contributed by atoms with E-state index in [1.165, 1.54) is 54.6 Å². The summed E-state index contributed by atoms with van der Waals surface area (Å²) >= 11 is 0. The molecule has 7 rings (SSSR count). The summed E-state index contributed by atoms with van der Waals surface area (Å²) in [5.74, 6) is 0.780. The number of methoxy groups -OCH3 is 2. The molecule has 0 bridgehead atoms. The number of alkyl halides is 3. The molecule has 0 radical (unpaired) electrons. The first-order valence-electron chi connectivity index (χ1n) is 20.4. The minimum atomic E-state index is -6.44. The lowest BCUT2D eigenvalue weighted by atomic mass is 9.67. The van der Waals surface area contributed by atoms with Crippen LogP contribution in [-0.4, -0.2) is 56.5 Å². The zero-order valence-corrected chi connectivity index (χ0v) is 38.7. The van der Waals surface area contributed by atoms with Crippen LogP contribution in [0.2, 0.25) is 0 Å². The largest absolute Gasteiger partial charge is 0.524 e. The molecule has 6 aromatic rings. The molecule has 0 aliphatic heterocycles. The summed E-state index contributed by atoms with van der Waals surface area (Å²) in [5.41, 5.74) is -2.68. The van der Waals surface area contributed by atoms with Crippen LogP contribution in [0.5, 0.6) is 11.5 Å². The molecule has 0 spiro atoms. The van der Waals surface area contributed by atoms with Gasteiger partial charge < -0.3 is 9.47 Å². The van der Waals surface area contributed by atoms with Gasteiger partial charge in [-0.25, -0.2) is 16.8 Å². The third-order valence-electron chi connectivity index (χ3n) is 11.4. The Morgan fingerprint density at radius 1 is 0.500 bits per heavy atom. The quantitative estimate of drug-likeness (QED) is 0.0819. The topological polar surface area (TPSA) is 130 Å². The Balaban J connectivity index is 1.60. The maximum Gasteiger partial charge on any atom is 0.524 e. The Morgan fingerprint density at radius 2 is 0.906 bits per heavy atom. The van der Waals surface area contributed by atoms with Gasteiger partial charge in [-0.15, -0.1) is 0 Å². The first-order valence-corrected chi connectivity index (χ1v) is 26.7. The van der Waals surface area contributed by atoms with E-state index < -0.39 is 51.0 Å². The van der Waals surface area contributed by atoms with Crippen molar-refractivity contribution in [1.82, 2.24) is 0 Å². The summed E-state index contributed by atoms with van der Waals surface area (Å²) < 4.78 is 142. The van der Waals surface area contributed by atoms with E-state index in [0.717, 1.165) is 22.3 Å². The van der Waals surface area contributed by atoms with E-state index in [4.69, 9.17) is 13.1 Å². The minimum absolute atomic E-state index is 0.00135. The van der Waals surface area contributed by atoms with E-state index in [1.807, 2.05) is 62.4 Å². The number of rotatable bonds is 17. The number of unbranched alkanes of at least 4 members (excludes halogenated alkanes) is 2. The van der Waals surface area contributed by atoms with Crippen molar-refractivity contribution in [3.63, 3.8) is 0 Å². The molecular weight excluding hydrogens is 906 g/mol. The van der Waals surface area contributed by atoms with Gasteiger partial charge in [-0.3, -0.25) is 0 Å². The van der Waals surface area contributed by atoms with Gasteiger partial charge in [0, 0.05) is 14.7 Å². The number of hydrogen-bond donors (Lipinski definition) is 0. The minimum Gasteiger partial charge on any atom is -0.497 e. The Hall–Kier alpha value is -5.13. The van der Waals surface area contributed by atoms with Crippen molar-refractivity contribution in [1.29, 1.82) is 0 Å². The average Bonchev–Trinajstić information content (AvgIpc) is 3.59. The summed E-state index contributed by atoms with van der Waals surface area (Å²) in [4.78, 5) is -0.410. The van der Waals surface area contributed by atoms with E-state index >= 15 is 0 Å². The third-order valence-corrected chi connectivity index (χ3v) is 20.0. The van der Waals surface area contributed by atoms with Gasteiger partial charge in [0.05, 0.1) is 40.9 Å². The molecule has 1 aliphatic carbocycles. The zero-order valence-electron chi connectivity index (χ0n) is 35.5. The molecule has 64 heavy (non-hydrogen) atoms. The Kier molecular flexibility index (Phi) is 13.2. The average molecular weight is 953 g/mol. The summed E-state index contributed by atoms with van der Waals surface area (Å²) in [6.07, 6.45) is 1.91. The number of hydrogen-bond acceptors (Lipinski definition) is 9. The van der Waals surface area contributed by atoms with Gasteiger partial charge in [0.15, 0.2) is 19.7 Å². The predicted molar refractivity (Wildman–Crippen MR) is 242 cm³/mol. The van der Waals surface area contributed by atoms with Crippen LogP contribution in [0, 0.1) is 0 Å². The van der Waals surface area contributed by atoms with Gasteiger partial charge in [-0.2, -0.15) is 25.2 Å². The number of benzene rings is 6. The molecule has 0 heterocycles. The lowest BCUT2D eigenvalue weighted by Crippen LogP contribution is -2.29. The molecular formula is C48H47F3O9S4. The van der Waals surface area contributed by atoms with Crippen molar-refractivity contribution in [2.24, 2.45) is 0 Å². The maximum atomic E-state index is 14.8. The van der Waals surface area contributed by atoms with E-state index in [0.29, 0.717) is 48.3 Å². The number of fused-ring (bicyclic) bond motifs is 3. The molecule has 6 aromatic carbocycles. The predicted octanol–water partition coefficient (Wildman–Crippen LogP) is 11.3. The van der Waals surface area contributed by atoms with Crippen molar-refractivity contribution < 1.29 is 51.5 Å². The van der Waals surface area contributed by atoms with E-state index in [1.54, 1.807) is 50.6 Å². The van der Waals surface area contributed by atoms with Crippen LogP contribution in [0.1, 0.15) is 61.8 Å². The molecule has 0 atom stereocenters. The second kappa shape index (κ2) is 18.0. The number of sulfone groups is 2. The summed E-state index contributed by atoms with van der Waals surface area (Å²) in [7, 11) is -15.2. The molecule has 0 saturated carbocycles. The van der Waals surface area contributed by atoms with Crippen molar-refractivity contribution >= 4 is 40.1 Å². The second-order valence-electron chi connectivity index (χ2n) is 15.3. The van der Waals surface area contributed by atoms with Crippen molar-refractivity contribution in [2.45, 2.75) is 74.9 Å².